The van der Waals surface area contributed by atoms with Gasteiger partial charge in [-0.05, 0) is 31.9 Å². The lowest BCUT2D eigenvalue weighted by Crippen LogP contribution is -2.32. The third-order valence-corrected chi connectivity index (χ3v) is 2.62. The van der Waals surface area contributed by atoms with Crippen molar-refractivity contribution in [2.24, 2.45) is 0 Å². The molecule has 1 aliphatic rings. The van der Waals surface area contributed by atoms with Gasteiger partial charge in [0.15, 0.2) is 0 Å². The van der Waals surface area contributed by atoms with Crippen molar-refractivity contribution in [1.82, 2.24) is 9.88 Å². The Bertz CT molecular complexity index is 357. The van der Waals surface area contributed by atoms with Gasteiger partial charge in [-0.2, -0.15) is 0 Å². The molecule has 0 unspecified atom stereocenters. The van der Waals surface area contributed by atoms with Gasteiger partial charge in [0.1, 0.15) is 5.82 Å². The molecule has 0 saturated heterocycles. The zero-order valence-electron chi connectivity index (χ0n) is 8.81. The fraction of sp³-hybridized carbons (Fsp3) is 0.455. The third kappa shape index (κ3) is 2.09. The Hall–Kier alpha value is -1.58. The van der Waals surface area contributed by atoms with Crippen LogP contribution in [0.2, 0.25) is 0 Å². The van der Waals surface area contributed by atoms with Crippen molar-refractivity contribution in [2.75, 3.05) is 12.3 Å². The summed E-state index contributed by atoms with van der Waals surface area (Å²) in [5.74, 6) is 0.508. The van der Waals surface area contributed by atoms with E-state index in [4.69, 9.17) is 5.73 Å². The van der Waals surface area contributed by atoms with Crippen LogP contribution in [0.5, 0.6) is 0 Å². The number of pyridine rings is 1. The number of amides is 1. The topological polar surface area (TPSA) is 59.2 Å². The van der Waals surface area contributed by atoms with E-state index < -0.39 is 0 Å². The summed E-state index contributed by atoms with van der Waals surface area (Å²) in [6.07, 6.45) is 3.80. The Morgan fingerprint density at radius 3 is 2.80 bits per heavy atom. The molecule has 4 heteroatoms. The fourth-order valence-electron chi connectivity index (χ4n) is 1.65. The lowest BCUT2D eigenvalue weighted by Gasteiger charge is -2.20. The van der Waals surface area contributed by atoms with Crippen LogP contribution in [0, 0.1) is 0 Å². The SMILES string of the molecule is CCN(C(=O)c1ccc(N)nc1)C1CC1. The first-order chi connectivity index (χ1) is 7.22. The molecule has 0 atom stereocenters. The number of hydrogen-bond acceptors (Lipinski definition) is 3. The Balaban J connectivity index is 2.15. The second-order valence-electron chi connectivity index (χ2n) is 3.79. The zero-order valence-corrected chi connectivity index (χ0v) is 8.81. The molecule has 2 N–H and O–H groups in total. The first-order valence-corrected chi connectivity index (χ1v) is 5.25. The number of rotatable bonds is 3. The average Bonchev–Trinajstić information content (AvgIpc) is 3.04. The summed E-state index contributed by atoms with van der Waals surface area (Å²) in [4.78, 5) is 17.8. The molecule has 15 heavy (non-hydrogen) atoms. The summed E-state index contributed by atoms with van der Waals surface area (Å²) in [6.45, 7) is 2.76. The summed E-state index contributed by atoms with van der Waals surface area (Å²) in [5.41, 5.74) is 6.09. The zero-order chi connectivity index (χ0) is 10.8. The van der Waals surface area contributed by atoms with Crippen molar-refractivity contribution in [3.63, 3.8) is 0 Å². The number of carbonyl (C=O) groups excluding carboxylic acids is 1. The summed E-state index contributed by atoms with van der Waals surface area (Å²) in [5, 5.41) is 0. The smallest absolute Gasteiger partial charge is 0.255 e. The lowest BCUT2D eigenvalue weighted by atomic mass is 10.2. The lowest BCUT2D eigenvalue weighted by molar-refractivity contribution is 0.0752. The van der Waals surface area contributed by atoms with Crippen molar-refractivity contribution >= 4 is 11.7 Å². The molecule has 0 spiro atoms. The van der Waals surface area contributed by atoms with E-state index in [1.54, 1.807) is 18.3 Å². The highest BCUT2D eigenvalue weighted by atomic mass is 16.2. The molecule has 2 rings (SSSR count). The molecule has 1 heterocycles. The number of aromatic nitrogens is 1. The van der Waals surface area contributed by atoms with Gasteiger partial charge in [-0.3, -0.25) is 4.79 Å². The van der Waals surface area contributed by atoms with Gasteiger partial charge < -0.3 is 10.6 Å². The Labute approximate surface area is 89.1 Å². The molecule has 80 valence electrons. The van der Waals surface area contributed by atoms with Gasteiger partial charge in [0.05, 0.1) is 5.56 Å². The van der Waals surface area contributed by atoms with Crippen LogP contribution >= 0.6 is 0 Å². The largest absolute Gasteiger partial charge is 0.384 e. The van der Waals surface area contributed by atoms with Gasteiger partial charge in [-0.1, -0.05) is 0 Å². The van der Waals surface area contributed by atoms with E-state index in [-0.39, 0.29) is 5.91 Å². The quantitative estimate of drug-likeness (QED) is 0.808. The molecular weight excluding hydrogens is 190 g/mol. The van der Waals surface area contributed by atoms with E-state index in [0.717, 1.165) is 19.4 Å². The van der Waals surface area contributed by atoms with E-state index in [2.05, 4.69) is 4.98 Å². The van der Waals surface area contributed by atoms with E-state index in [1.165, 1.54) is 0 Å². The van der Waals surface area contributed by atoms with Gasteiger partial charge in [0.2, 0.25) is 0 Å². The van der Waals surface area contributed by atoms with Crippen LogP contribution in [0.25, 0.3) is 0 Å². The molecule has 1 aromatic heterocycles. The Morgan fingerprint density at radius 2 is 2.33 bits per heavy atom. The molecular formula is C11H15N3O. The number of carbonyl (C=O) groups is 1. The van der Waals surface area contributed by atoms with Crippen molar-refractivity contribution in [3.8, 4) is 0 Å². The normalized spacial score (nSPS) is 15.0. The number of nitrogens with zero attached hydrogens (tertiary/aromatic N) is 2. The van der Waals surface area contributed by atoms with Crippen molar-refractivity contribution < 1.29 is 4.79 Å². The predicted octanol–water partition coefficient (Wildman–Crippen LogP) is 1.29. The van der Waals surface area contributed by atoms with Gasteiger partial charge in [-0.15, -0.1) is 0 Å². The summed E-state index contributed by atoms with van der Waals surface area (Å²) < 4.78 is 0. The van der Waals surface area contributed by atoms with Crippen LogP contribution in [0.15, 0.2) is 18.3 Å². The van der Waals surface area contributed by atoms with Gasteiger partial charge in [-0.25, -0.2) is 4.98 Å². The molecule has 1 fully saturated rings. The van der Waals surface area contributed by atoms with E-state index in [1.807, 2.05) is 11.8 Å². The minimum atomic E-state index is 0.0625. The number of hydrogen-bond donors (Lipinski definition) is 1. The molecule has 1 aromatic rings. The summed E-state index contributed by atoms with van der Waals surface area (Å²) >= 11 is 0. The van der Waals surface area contributed by atoms with Crippen LogP contribution in [0.1, 0.15) is 30.1 Å². The Morgan fingerprint density at radius 1 is 1.60 bits per heavy atom. The van der Waals surface area contributed by atoms with Crippen LogP contribution in [-0.4, -0.2) is 28.4 Å². The van der Waals surface area contributed by atoms with Crippen LogP contribution < -0.4 is 5.73 Å². The van der Waals surface area contributed by atoms with E-state index >= 15 is 0 Å². The fourth-order valence-corrected chi connectivity index (χ4v) is 1.65. The molecule has 0 bridgehead atoms. The standard InChI is InChI=1S/C11H15N3O/c1-2-14(9-4-5-9)11(15)8-3-6-10(12)13-7-8/h3,6-7,9H,2,4-5H2,1H3,(H2,12,13). The maximum Gasteiger partial charge on any atom is 0.255 e. The molecule has 1 aliphatic carbocycles. The third-order valence-electron chi connectivity index (χ3n) is 2.62. The molecule has 1 amide bonds. The van der Waals surface area contributed by atoms with E-state index in [9.17, 15) is 4.79 Å². The second-order valence-corrected chi connectivity index (χ2v) is 3.79. The van der Waals surface area contributed by atoms with Crippen LogP contribution in [0.3, 0.4) is 0 Å². The number of anilines is 1. The highest BCUT2D eigenvalue weighted by Gasteiger charge is 2.31. The number of nitrogen functional groups attached to an aromatic ring is 1. The second kappa shape index (κ2) is 3.88. The highest BCUT2D eigenvalue weighted by Crippen LogP contribution is 2.27. The monoisotopic (exact) mass is 205 g/mol. The molecule has 1 saturated carbocycles. The number of nitrogens with two attached hydrogens (primary N) is 1. The van der Waals surface area contributed by atoms with Crippen molar-refractivity contribution in [2.45, 2.75) is 25.8 Å². The van der Waals surface area contributed by atoms with Gasteiger partial charge in [0.25, 0.3) is 5.91 Å². The first-order valence-electron chi connectivity index (χ1n) is 5.25. The minimum Gasteiger partial charge on any atom is -0.384 e. The summed E-state index contributed by atoms with van der Waals surface area (Å²) in [7, 11) is 0. The van der Waals surface area contributed by atoms with Gasteiger partial charge in [0, 0.05) is 18.8 Å². The predicted molar refractivity (Wildman–Crippen MR) is 58.4 cm³/mol. The van der Waals surface area contributed by atoms with Crippen LogP contribution in [0.4, 0.5) is 5.82 Å². The average molecular weight is 205 g/mol. The van der Waals surface area contributed by atoms with Crippen LogP contribution in [-0.2, 0) is 0 Å². The maximum atomic E-state index is 12.0. The molecule has 0 aromatic carbocycles. The van der Waals surface area contributed by atoms with Gasteiger partial charge >= 0.3 is 0 Å². The van der Waals surface area contributed by atoms with Crippen molar-refractivity contribution in [1.29, 1.82) is 0 Å². The van der Waals surface area contributed by atoms with E-state index in [0.29, 0.717) is 17.4 Å². The molecule has 4 nitrogen and oxygen atoms in total. The molecule has 0 aliphatic heterocycles. The molecule has 0 radical (unpaired) electrons. The Kier molecular flexibility index (Phi) is 2.58. The first kappa shape index (κ1) is 9.96. The minimum absolute atomic E-state index is 0.0625. The van der Waals surface area contributed by atoms with Crippen molar-refractivity contribution in [3.05, 3.63) is 23.9 Å². The highest BCUT2D eigenvalue weighted by molar-refractivity contribution is 5.94. The summed E-state index contributed by atoms with van der Waals surface area (Å²) in [6, 6.07) is 3.84. The maximum absolute atomic E-state index is 12.0.